The maximum absolute atomic E-state index is 12.8. The lowest BCUT2D eigenvalue weighted by atomic mass is 10.2. The molecular formula is C17H17FN2O3. The van der Waals surface area contributed by atoms with Gasteiger partial charge >= 0.3 is 6.09 Å². The number of ether oxygens (including phenoxy) is 2. The van der Waals surface area contributed by atoms with E-state index in [4.69, 9.17) is 15.2 Å². The van der Waals surface area contributed by atoms with Crippen molar-refractivity contribution < 1.29 is 18.7 Å². The van der Waals surface area contributed by atoms with Crippen LogP contribution in [0, 0.1) is 5.82 Å². The molecule has 0 radical (unpaired) electrons. The molecule has 0 unspecified atom stereocenters. The molecule has 120 valence electrons. The summed E-state index contributed by atoms with van der Waals surface area (Å²) in [6.07, 6.45) is 0.853. The Labute approximate surface area is 133 Å². The molecular weight excluding hydrogens is 299 g/mol. The van der Waals surface area contributed by atoms with Crippen LogP contribution in [0.5, 0.6) is 5.75 Å². The van der Waals surface area contributed by atoms with Crippen LogP contribution >= 0.6 is 0 Å². The molecule has 0 fully saturated rings. The van der Waals surface area contributed by atoms with Crippen molar-refractivity contribution in [1.29, 1.82) is 0 Å². The highest BCUT2D eigenvalue weighted by atomic mass is 19.1. The summed E-state index contributed by atoms with van der Waals surface area (Å²) >= 11 is 0. The summed E-state index contributed by atoms with van der Waals surface area (Å²) in [6, 6.07) is 10.9. The van der Waals surface area contributed by atoms with Crippen molar-refractivity contribution in [3.63, 3.8) is 0 Å². The van der Waals surface area contributed by atoms with Gasteiger partial charge in [-0.3, -0.25) is 5.32 Å². The van der Waals surface area contributed by atoms with E-state index in [-0.39, 0.29) is 19.0 Å². The molecule has 0 saturated carbocycles. The third kappa shape index (κ3) is 5.03. The number of nitrogen functional groups attached to an aromatic ring is 1. The molecule has 5 nitrogen and oxygen atoms in total. The quantitative estimate of drug-likeness (QED) is 0.629. The maximum Gasteiger partial charge on any atom is 0.412 e. The second-order valence-electron chi connectivity index (χ2n) is 4.68. The zero-order valence-corrected chi connectivity index (χ0v) is 12.4. The first-order valence-electron chi connectivity index (χ1n) is 6.90. The number of amides is 1. The number of carbonyl (C=O) groups excluding carboxylic acids is 1. The SMILES string of the molecule is C=CCOC(=O)Nc1ccc(OCc2ccc(F)cc2)cc1N. The number of benzene rings is 2. The minimum absolute atomic E-state index is 0.116. The number of halogens is 1. The van der Waals surface area contributed by atoms with Gasteiger partial charge in [-0.05, 0) is 29.8 Å². The van der Waals surface area contributed by atoms with Crippen LogP contribution in [-0.4, -0.2) is 12.7 Å². The number of anilines is 2. The third-order valence-electron chi connectivity index (χ3n) is 2.91. The summed E-state index contributed by atoms with van der Waals surface area (Å²) in [5, 5.41) is 2.52. The highest BCUT2D eigenvalue weighted by Gasteiger charge is 2.07. The second kappa shape index (κ2) is 7.84. The number of rotatable bonds is 6. The monoisotopic (exact) mass is 316 g/mol. The van der Waals surface area contributed by atoms with Crippen molar-refractivity contribution in [2.45, 2.75) is 6.61 Å². The number of nitrogens with one attached hydrogen (secondary N) is 1. The summed E-state index contributed by atoms with van der Waals surface area (Å²) in [4.78, 5) is 11.4. The van der Waals surface area contributed by atoms with Crippen LogP contribution in [0.2, 0.25) is 0 Å². The van der Waals surface area contributed by atoms with E-state index in [1.807, 2.05) is 0 Å². The Morgan fingerprint density at radius 2 is 2.00 bits per heavy atom. The van der Waals surface area contributed by atoms with E-state index in [9.17, 15) is 9.18 Å². The van der Waals surface area contributed by atoms with Crippen molar-refractivity contribution in [2.24, 2.45) is 0 Å². The average Bonchev–Trinajstić information content (AvgIpc) is 2.54. The van der Waals surface area contributed by atoms with E-state index in [2.05, 4.69) is 11.9 Å². The van der Waals surface area contributed by atoms with Gasteiger partial charge in [0.1, 0.15) is 24.8 Å². The minimum Gasteiger partial charge on any atom is -0.489 e. The summed E-state index contributed by atoms with van der Waals surface area (Å²) in [5.74, 6) is 0.244. The van der Waals surface area contributed by atoms with Crippen molar-refractivity contribution in [2.75, 3.05) is 17.7 Å². The molecule has 0 saturated heterocycles. The molecule has 0 aliphatic rings. The lowest BCUT2D eigenvalue weighted by Crippen LogP contribution is -2.14. The van der Waals surface area contributed by atoms with Gasteiger partial charge in [0.25, 0.3) is 0 Å². The summed E-state index contributed by atoms with van der Waals surface area (Å²) in [5.41, 5.74) is 7.47. The van der Waals surface area contributed by atoms with Crippen LogP contribution in [0.1, 0.15) is 5.56 Å². The Morgan fingerprint density at radius 3 is 2.65 bits per heavy atom. The molecule has 0 atom stereocenters. The van der Waals surface area contributed by atoms with Gasteiger partial charge < -0.3 is 15.2 Å². The van der Waals surface area contributed by atoms with E-state index >= 15 is 0 Å². The van der Waals surface area contributed by atoms with Gasteiger partial charge in [0.2, 0.25) is 0 Å². The molecule has 23 heavy (non-hydrogen) atoms. The smallest absolute Gasteiger partial charge is 0.412 e. The van der Waals surface area contributed by atoms with E-state index in [0.717, 1.165) is 5.56 Å². The van der Waals surface area contributed by atoms with Crippen molar-refractivity contribution in [3.05, 3.63) is 66.5 Å². The summed E-state index contributed by atoms with van der Waals surface area (Å²) < 4.78 is 23.2. The second-order valence-corrected chi connectivity index (χ2v) is 4.68. The summed E-state index contributed by atoms with van der Waals surface area (Å²) in [6.45, 7) is 3.85. The third-order valence-corrected chi connectivity index (χ3v) is 2.91. The zero-order chi connectivity index (χ0) is 16.7. The van der Waals surface area contributed by atoms with Gasteiger partial charge in [-0.2, -0.15) is 0 Å². The fourth-order valence-electron chi connectivity index (χ4n) is 1.77. The Kier molecular flexibility index (Phi) is 5.57. The predicted molar refractivity (Wildman–Crippen MR) is 86.8 cm³/mol. The normalized spacial score (nSPS) is 9.96. The molecule has 0 aliphatic carbocycles. The van der Waals surface area contributed by atoms with Crippen LogP contribution < -0.4 is 15.8 Å². The number of nitrogens with two attached hydrogens (primary N) is 1. The van der Waals surface area contributed by atoms with Crippen LogP contribution in [0.15, 0.2) is 55.1 Å². The molecule has 3 N–H and O–H groups in total. The fraction of sp³-hybridized carbons (Fsp3) is 0.118. The van der Waals surface area contributed by atoms with Gasteiger partial charge in [0.05, 0.1) is 11.4 Å². The van der Waals surface area contributed by atoms with Crippen LogP contribution in [0.25, 0.3) is 0 Å². The van der Waals surface area contributed by atoms with Gasteiger partial charge in [-0.1, -0.05) is 24.8 Å². The van der Waals surface area contributed by atoms with Gasteiger partial charge in [-0.25, -0.2) is 9.18 Å². The van der Waals surface area contributed by atoms with E-state index in [1.165, 1.54) is 18.2 Å². The van der Waals surface area contributed by atoms with Crippen molar-refractivity contribution in [3.8, 4) is 5.75 Å². The first-order chi connectivity index (χ1) is 11.1. The topological polar surface area (TPSA) is 73.6 Å². The number of hydrogen-bond acceptors (Lipinski definition) is 4. The fourth-order valence-corrected chi connectivity index (χ4v) is 1.77. The number of hydrogen-bond donors (Lipinski definition) is 2. The maximum atomic E-state index is 12.8. The molecule has 0 aromatic heterocycles. The van der Waals surface area contributed by atoms with Crippen LogP contribution in [-0.2, 0) is 11.3 Å². The molecule has 2 rings (SSSR count). The van der Waals surface area contributed by atoms with E-state index in [0.29, 0.717) is 17.1 Å². The molecule has 0 spiro atoms. The van der Waals surface area contributed by atoms with Gasteiger partial charge in [0.15, 0.2) is 0 Å². The van der Waals surface area contributed by atoms with E-state index < -0.39 is 6.09 Å². The average molecular weight is 316 g/mol. The molecule has 0 bridgehead atoms. The van der Waals surface area contributed by atoms with E-state index in [1.54, 1.807) is 30.3 Å². The Bertz CT molecular complexity index is 687. The zero-order valence-electron chi connectivity index (χ0n) is 12.4. The first kappa shape index (κ1) is 16.4. The molecule has 6 heteroatoms. The highest BCUT2D eigenvalue weighted by Crippen LogP contribution is 2.25. The molecule has 0 heterocycles. The van der Waals surface area contributed by atoms with Crippen molar-refractivity contribution in [1.82, 2.24) is 0 Å². The molecule has 2 aromatic carbocycles. The predicted octanol–water partition coefficient (Wildman–Crippen LogP) is 3.72. The molecule has 0 aliphatic heterocycles. The first-order valence-corrected chi connectivity index (χ1v) is 6.90. The lowest BCUT2D eigenvalue weighted by molar-refractivity contribution is 0.174. The Morgan fingerprint density at radius 1 is 1.26 bits per heavy atom. The van der Waals surface area contributed by atoms with Gasteiger partial charge in [0, 0.05) is 6.07 Å². The van der Waals surface area contributed by atoms with Gasteiger partial charge in [-0.15, -0.1) is 0 Å². The lowest BCUT2D eigenvalue weighted by Gasteiger charge is -2.11. The Balaban J connectivity index is 1.94. The van der Waals surface area contributed by atoms with Crippen LogP contribution in [0.3, 0.4) is 0 Å². The standard InChI is InChI=1S/C17H17FN2O3/c1-2-9-22-17(21)20-16-8-7-14(10-15(16)19)23-11-12-3-5-13(18)6-4-12/h2-8,10H,1,9,11,19H2,(H,20,21). The number of carbonyl (C=O) groups is 1. The Hall–Kier alpha value is -3.02. The highest BCUT2D eigenvalue weighted by molar-refractivity contribution is 5.89. The van der Waals surface area contributed by atoms with Crippen LogP contribution in [0.4, 0.5) is 20.6 Å². The molecule has 1 amide bonds. The summed E-state index contributed by atoms with van der Waals surface area (Å²) in [7, 11) is 0. The minimum atomic E-state index is -0.614. The van der Waals surface area contributed by atoms with Crippen molar-refractivity contribution >= 4 is 17.5 Å². The largest absolute Gasteiger partial charge is 0.489 e. The molecule has 2 aromatic rings.